The second-order valence-corrected chi connectivity index (χ2v) is 5.65. The second-order valence-electron chi connectivity index (χ2n) is 5.65. The normalized spacial score (nSPS) is 18.5. The van der Waals surface area contributed by atoms with Crippen molar-refractivity contribution in [1.82, 2.24) is 9.55 Å². The molecule has 0 aliphatic carbocycles. The number of benzene rings is 1. The van der Waals surface area contributed by atoms with E-state index in [9.17, 15) is 9.59 Å². The van der Waals surface area contributed by atoms with E-state index in [0.717, 1.165) is 0 Å². The van der Waals surface area contributed by atoms with E-state index in [1.54, 1.807) is 37.5 Å². The Morgan fingerprint density at radius 1 is 1.26 bits per heavy atom. The maximum Gasteiger partial charge on any atom is 0.330 e. The van der Waals surface area contributed by atoms with Gasteiger partial charge in [0.15, 0.2) is 6.23 Å². The van der Waals surface area contributed by atoms with E-state index >= 15 is 0 Å². The van der Waals surface area contributed by atoms with Crippen LogP contribution in [0.25, 0.3) is 10.4 Å². The summed E-state index contributed by atoms with van der Waals surface area (Å²) in [5.74, 6) is 1.33. The molecule has 0 bridgehead atoms. The van der Waals surface area contributed by atoms with Crippen molar-refractivity contribution in [2.75, 3.05) is 20.3 Å². The van der Waals surface area contributed by atoms with E-state index < -0.39 is 23.6 Å². The van der Waals surface area contributed by atoms with Gasteiger partial charge in [-0.15, -0.1) is 0 Å². The van der Waals surface area contributed by atoms with Crippen LogP contribution in [0.1, 0.15) is 6.23 Å². The molecule has 27 heavy (non-hydrogen) atoms. The van der Waals surface area contributed by atoms with Crippen molar-refractivity contribution < 1.29 is 14.2 Å². The lowest BCUT2D eigenvalue weighted by Gasteiger charge is -2.18. The Bertz CT molecular complexity index is 988. The Hall–Kier alpha value is -3.49. The van der Waals surface area contributed by atoms with Crippen molar-refractivity contribution in [3.63, 3.8) is 0 Å². The lowest BCUT2D eigenvalue weighted by Crippen LogP contribution is -2.32. The fraction of sp³-hybridized carbons (Fsp3) is 0.294. The Morgan fingerprint density at radius 3 is 2.67 bits per heavy atom. The van der Waals surface area contributed by atoms with Gasteiger partial charge in [0.2, 0.25) is 0 Å². The number of rotatable bonds is 7. The highest BCUT2D eigenvalue weighted by molar-refractivity contribution is 5.31. The minimum Gasteiger partial charge on any atom is -0.497 e. The van der Waals surface area contributed by atoms with Gasteiger partial charge in [0, 0.05) is 23.7 Å². The van der Waals surface area contributed by atoms with Gasteiger partial charge in [0.1, 0.15) is 24.2 Å². The number of H-pyrrole nitrogens is 1. The van der Waals surface area contributed by atoms with Gasteiger partial charge < -0.3 is 14.2 Å². The Kier molecular flexibility index (Phi) is 5.60. The van der Waals surface area contributed by atoms with E-state index in [1.807, 2.05) is 0 Å². The summed E-state index contributed by atoms with van der Waals surface area (Å²) < 4.78 is 17.9. The summed E-state index contributed by atoms with van der Waals surface area (Å²) in [7, 11) is 1.58. The van der Waals surface area contributed by atoms with Crippen molar-refractivity contribution >= 4 is 0 Å². The molecule has 1 aliphatic rings. The van der Waals surface area contributed by atoms with Gasteiger partial charge in [-0.05, 0) is 41.4 Å². The molecule has 2 atom stereocenters. The first-order chi connectivity index (χ1) is 13.1. The summed E-state index contributed by atoms with van der Waals surface area (Å²) >= 11 is 0. The molecule has 3 rings (SSSR count). The quantitative estimate of drug-likeness (QED) is 0.343. The van der Waals surface area contributed by atoms with Gasteiger partial charge in [0.05, 0.1) is 7.11 Å². The minimum absolute atomic E-state index is 0.0851. The maximum atomic E-state index is 12.0. The number of methoxy groups -OCH3 is 1. The SMILES string of the molecule is COc1ccc(OC[C@H]2O[C@@H](n3ccc(=O)[nH]c3=O)C=C2CN=[N+]=[N-])cc1. The molecule has 1 aliphatic heterocycles. The van der Waals surface area contributed by atoms with Crippen LogP contribution in [0, 0.1) is 0 Å². The molecule has 0 spiro atoms. The van der Waals surface area contributed by atoms with Gasteiger partial charge in [0.25, 0.3) is 5.56 Å². The van der Waals surface area contributed by atoms with Crippen LogP contribution in [0.5, 0.6) is 11.5 Å². The largest absolute Gasteiger partial charge is 0.497 e. The Morgan fingerprint density at radius 2 is 2.00 bits per heavy atom. The minimum atomic E-state index is -0.734. The molecule has 2 heterocycles. The number of aromatic amines is 1. The Balaban J connectivity index is 1.75. The van der Waals surface area contributed by atoms with Crippen LogP contribution in [0.15, 0.2) is 62.9 Å². The average molecular weight is 371 g/mol. The third kappa shape index (κ3) is 4.38. The third-order valence-electron chi connectivity index (χ3n) is 3.98. The lowest BCUT2D eigenvalue weighted by molar-refractivity contribution is -0.00915. The molecule has 1 aromatic heterocycles. The van der Waals surface area contributed by atoms with Gasteiger partial charge >= 0.3 is 5.69 Å². The molecule has 0 radical (unpaired) electrons. The smallest absolute Gasteiger partial charge is 0.330 e. The number of aromatic nitrogens is 2. The zero-order valence-corrected chi connectivity index (χ0v) is 14.4. The van der Waals surface area contributed by atoms with Crippen LogP contribution in [0.2, 0.25) is 0 Å². The highest BCUT2D eigenvalue weighted by Gasteiger charge is 2.29. The fourth-order valence-corrected chi connectivity index (χ4v) is 2.62. The summed E-state index contributed by atoms with van der Waals surface area (Å²) in [6.45, 7) is 0.245. The second kappa shape index (κ2) is 8.26. The van der Waals surface area contributed by atoms with E-state index in [1.165, 1.54) is 16.8 Å². The van der Waals surface area contributed by atoms with Crippen molar-refractivity contribution in [2.24, 2.45) is 5.11 Å². The predicted molar refractivity (Wildman–Crippen MR) is 95.8 cm³/mol. The molecular formula is C17H17N5O5. The molecule has 0 fully saturated rings. The molecule has 0 unspecified atom stereocenters. The monoisotopic (exact) mass is 371 g/mol. The number of hydrogen-bond donors (Lipinski definition) is 1. The molecule has 1 N–H and O–H groups in total. The van der Waals surface area contributed by atoms with Crippen LogP contribution >= 0.6 is 0 Å². The van der Waals surface area contributed by atoms with Gasteiger partial charge in [-0.1, -0.05) is 5.11 Å². The van der Waals surface area contributed by atoms with Crippen molar-refractivity contribution in [3.05, 3.63) is 79.5 Å². The number of azide groups is 1. The molecule has 10 nitrogen and oxygen atoms in total. The zero-order chi connectivity index (χ0) is 19.2. The summed E-state index contributed by atoms with van der Waals surface area (Å²) in [5.41, 5.74) is 8.18. The van der Waals surface area contributed by atoms with E-state index in [0.29, 0.717) is 17.1 Å². The lowest BCUT2D eigenvalue weighted by atomic mass is 10.1. The molecular weight excluding hydrogens is 354 g/mol. The van der Waals surface area contributed by atoms with Gasteiger partial charge in [-0.3, -0.25) is 14.3 Å². The summed E-state index contributed by atoms with van der Waals surface area (Å²) in [6.07, 6.45) is 1.78. The number of hydrogen-bond acceptors (Lipinski definition) is 6. The molecule has 1 aromatic carbocycles. The summed E-state index contributed by atoms with van der Waals surface area (Å²) in [6, 6.07) is 8.28. The third-order valence-corrected chi connectivity index (χ3v) is 3.98. The number of nitrogens with one attached hydrogen (secondary N) is 1. The van der Waals surface area contributed by atoms with Crippen molar-refractivity contribution in [3.8, 4) is 11.5 Å². The molecule has 2 aromatic rings. The summed E-state index contributed by atoms with van der Waals surface area (Å²) in [4.78, 5) is 28.1. The fourth-order valence-electron chi connectivity index (χ4n) is 2.62. The number of nitrogens with zero attached hydrogens (tertiary/aromatic N) is 4. The summed E-state index contributed by atoms with van der Waals surface area (Å²) in [5, 5.41) is 3.56. The highest BCUT2D eigenvalue weighted by Crippen LogP contribution is 2.27. The van der Waals surface area contributed by atoms with Crippen molar-refractivity contribution in [1.29, 1.82) is 0 Å². The first-order valence-electron chi connectivity index (χ1n) is 8.06. The predicted octanol–water partition coefficient (Wildman–Crippen LogP) is 1.76. The van der Waals surface area contributed by atoms with Gasteiger partial charge in [-0.25, -0.2) is 4.79 Å². The average Bonchev–Trinajstić information content (AvgIpc) is 3.07. The highest BCUT2D eigenvalue weighted by atomic mass is 16.6. The topological polar surface area (TPSA) is 131 Å². The molecule has 0 saturated carbocycles. The Labute approximate surface area is 153 Å². The number of ether oxygens (including phenoxy) is 3. The standard InChI is InChI=1S/C17H17N5O5/c1-25-12-2-4-13(5-3-12)26-10-14-11(9-19-21-18)8-16(27-14)22-7-6-15(23)20-17(22)24/h2-8,14,16H,9-10H2,1H3,(H,20,23,24)/t14-,16-/m1/s1. The molecule has 140 valence electrons. The van der Waals surface area contributed by atoms with Crippen LogP contribution in [0.3, 0.4) is 0 Å². The van der Waals surface area contributed by atoms with Crippen LogP contribution in [-0.4, -0.2) is 35.9 Å². The maximum absolute atomic E-state index is 12.0. The molecule has 10 heteroatoms. The van der Waals surface area contributed by atoms with Crippen LogP contribution < -0.4 is 20.7 Å². The van der Waals surface area contributed by atoms with E-state index in [2.05, 4.69) is 15.0 Å². The van der Waals surface area contributed by atoms with Gasteiger partial charge in [-0.2, -0.15) is 0 Å². The first kappa shape index (κ1) is 18.3. The van der Waals surface area contributed by atoms with Crippen LogP contribution in [0.4, 0.5) is 0 Å². The van der Waals surface area contributed by atoms with E-state index in [4.69, 9.17) is 19.7 Å². The molecule has 0 amide bonds. The molecule has 0 saturated heterocycles. The first-order valence-corrected chi connectivity index (χ1v) is 8.06. The van der Waals surface area contributed by atoms with Crippen LogP contribution in [-0.2, 0) is 4.74 Å². The zero-order valence-electron chi connectivity index (χ0n) is 14.4. The van der Waals surface area contributed by atoms with Crippen molar-refractivity contribution in [2.45, 2.75) is 12.3 Å². The van der Waals surface area contributed by atoms with E-state index in [-0.39, 0.29) is 13.2 Å².